The van der Waals surface area contributed by atoms with Crippen LogP contribution >= 0.6 is 27.7 Å². The predicted molar refractivity (Wildman–Crippen MR) is 140 cm³/mol. The van der Waals surface area contributed by atoms with Crippen molar-refractivity contribution in [3.05, 3.63) is 93.3 Å². The standard InChI is InChI=1S/C26H21BrN2O5S/c1-33-21-13-18(12-20(27)24(21)34-16-23(30)31)14-22-25(32)29(15-17-8-4-2-5-9-17)26(35-22)28-19-10-6-3-7-11-19/h2-14H,15-16H2,1H3,(H,30,31)/b22-14+,28-26?. The van der Waals surface area contributed by atoms with Gasteiger partial charge in [-0.2, -0.15) is 0 Å². The van der Waals surface area contributed by atoms with Gasteiger partial charge < -0.3 is 14.6 Å². The largest absolute Gasteiger partial charge is 0.493 e. The van der Waals surface area contributed by atoms with Gasteiger partial charge in [-0.25, -0.2) is 9.79 Å². The number of carbonyl (C=O) groups excluding carboxylic acids is 1. The summed E-state index contributed by atoms with van der Waals surface area (Å²) in [7, 11) is 1.47. The molecule has 0 radical (unpaired) electrons. The fourth-order valence-electron chi connectivity index (χ4n) is 3.36. The van der Waals surface area contributed by atoms with Crippen LogP contribution in [-0.4, -0.2) is 40.8 Å². The zero-order chi connectivity index (χ0) is 24.8. The molecule has 1 amide bonds. The molecule has 1 aliphatic rings. The lowest BCUT2D eigenvalue weighted by Gasteiger charge is -2.15. The number of benzene rings is 3. The lowest BCUT2D eigenvalue weighted by atomic mass is 10.1. The van der Waals surface area contributed by atoms with Crippen LogP contribution in [0, 0.1) is 0 Å². The molecule has 178 valence electrons. The number of aliphatic carboxylic acids is 1. The molecule has 1 saturated heterocycles. The lowest BCUT2D eigenvalue weighted by Crippen LogP contribution is -2.28. The second-order valence-electron chi connectivity index (χ2n) is 7.43. The molecule has 0 bridgehead atoms. The number of nitrogens with zero attached hydrogens (tertiary/aromatic N) is 2. The minimum absolute atomic E-state index is 0.158. The Hall–Kier alpha value is -3.56. The van der Waals surface area contributed by atoms with E-state index in [0.717, 1.165) is 11.3 Å². The van der Waals surface area contributed by atoms with Gasteiger partial charge in [0.2, 0.25) is 0 Å². The number of para-hydroxylation sites is 1. The zero-order valence-electron chi connectivity index (χ0n) is 18.7. The second kappa shape index (κ2) is 11.2. The molecular weight excluding hydrogens is 532 g/mol. The molecular formula is C26H21BrN2O5S. The number of carboxylic acids is 1. The molecule has 35 heavy (non-hydrogen) atoms. The number of carbonyl (C=O) groups is 2. The van der Waals surface area contributed by atoms with Gasteiger partial charge in [0, 0.05) is 0 Å². The molecule has 0 atom stereocenters. The number of amidine groups is 1. The van der Waals surface area contributed by atoms with E-state index in [0.29, 0.717) is 32.4 Å². The van der Waals surface area contributed by atoms with Crippen molar-refractivity contribution in [3.8, 4) is 11.5 Å². The Labute approximate surface area is 215 Å². The zero-order valence-corrected chi connectivity index (χ0v) is 21.1. The van der Waals surface area contributed by atoms with E-state index >= 15 is 0 Å². The van der Waals surface area contributed by atoms with Gasteiger partial charge in [-0.15, -0.1) is 0 Å². The van der Waals surface area contributed by atoms with E-state index in [2.05, 4.69) is 15.9 Å². The fraction of sp³-hybridized carbons (Fsp3) is 0.115. The van der Waals surface area contributed by atoms with E-state index in [9.17, 15) is 9.59 Å². The van der Waals surface area contributed by atoms with Gasteiger partial charge in [0.15, 0.2) is 23.3 Å². The minimum Gasteiger partial charge on any atom is -0.493 e. The smallest absolute Gasteiger partial charge is 0.341 e. The summed E-state index contributed by atoms with van der Waals surface area (Å²) in [6, 6.07) is 22.7. The Kier molecular flexibility index (Phi) is 7.89. The monoisotopic (exact) mass is 552 g/mol. The Morgan fingerprint density at radius 3 is 2.46 bits per heavy atom. The van der Waals surface area contributed by atoms with Crippen LogP contribution in [0.5, 0.6) is 11.5 Å². The van der Waals surface area contributed by atoms with Crippen molar-refractivity contribution in [2.45, 2.75) is 6.54 Å². The summed E-state index contributed by atoms with van der Waals surface area (Å²) in [5, 5.41) is 9.50. The summed E-state index contributed by atoms with van der Waals surface area (Å²) >= 11 is 4.71. The number of rotatable bonds is 8. The number of hydrogen-bond donors (Lipinski definition) is 1. The Balaban J connectivity index is 1.68. The number of carboxylic acid groups (broad SMARTS) is 1. The molecule has 3 aromatic carbocycles. The molecule has 0 unspecified atom stereocenters. The van der Waals surface area contributed by atoms with Crippen LogP contribution in [0.3, 0.4) is 0 Å². The Bertz CT molecular complexity index is 1300. The minimum atomic E-state index is -1.10. The molecule has 0 aromatic heterocycles. The average molecular weight is 553 g/mol. The first-order valence-corrected chi connectivity index (χ1v) is 12.2. The van der Waals surface area contributed by atoms with Crippen molar-refractivity contribution in [2.75, 3.05) is 13.7 Å². The third-order valence-corrected chi connectivity index (χ3v) is 6.54. The van der Waals surface area contributed by atoms with E-state index in [1.807, 2.05) is 60.7 Å². The maximum Gasteiger partial charge on any atom is 0.341 e. The van der Waals surface area contributed by atoms with Crippen LogP contribution in [0.15, 0.2) is 87.2 Å². The summed E-state index contributed by atoms with van der Waals surface area (Å²) in [6.45, 7) is -0.109. The van der Waals surface area contributed by atoms with Crippen LogP contribution in [-0.2, 0) is 16.1 Å². The summed E-state index contributed by atoms with van der Waals surface area (Å²) in [5.41, 5.74) is 2.44. The molecule has 9 heteroatoms. The van der Waals surface area contributed by atoms with Gasteiger partial charge in [-0.05, 0) is 69.2 Å². The van der Waals surface area contributed by atoms with Crippen molar-refractivity contribution in [3.63, 3.8) is 0 Å². The quantitative estimate of drug-likeness (QED) is 0.359. The maximum absolute atomic E-state index is 13.4. The van der Waals surface area contributed by atoms with Crippen molar-refractivity contribution < 1.29 is 24.2 Å². The molecule has 1 heterocycles. The van der Waals surface area contributed by atoms with Crippen LogP contribution in [0.25, 0.3) is 6.08 Å². The van der Waals surface area contributed by atoms with E-state index in [1.165, 1.54) is 18.9 Å². The highest BCUT2D eigenvalue weighted by Crippen LogP contribution is 2.40. The summed E-state index contributed by atoms with van der Waals surface area (Å²) in [6.07, 6.45) is 1.76. The number of methoxy groups -OCH3 is 1. The van der Waals surface area contributed by atoms with E-state index in [-0.39, 0.29) is 11.7 Å². The number of halogens is 1. The molecule has 0 spiro atoms. The highest BCUT2D eigenvalue weighted by molar-refractivity contribution is 9.10. The first kappa shape index (κ1) is 24.6. The molecule has 0 aliphatic carbocycles. The molecule has 1 fully saturated rings. The van der Waals surface area contributed by atoms with Gasteiger partial charge in [0.1, 0.15) is 0 Å². The number of aliphatic imine (C=N–C) groups is 1. The van der Waals surface area contributed by atoms with E-state index in [1.54, 1.807) is 23.1 Å². The van der Waals surface area contributed by atoms with E-state index in [4.69, 9.17) is 19.6 Å². The summed E-state index contributed by atoms with van der Waals surface area (Å²) in [4.78, 5) is 31.2. The molecule has 7 nitrogen and oxygen atoms in total. The van der Waals surface area contributed by atoms with Crippen LogP contribution in [0.2, 0.25) is 0 Å². The highest BCUT2D eigenvalue weighted by atomic mass is 79.9. The maximum atomic E-state index is 13.4. The SMILES string of the molecule is COc1cc(/C=C2/SC(=Nc3ccccc3)N(Cc3ccccc3)C2=O)cc(Br)c1OCC(=O)O. The third-order valence-electron chi connectivity index (χ3n) is 4.94. The number of thioether (sulfide) groups is 1. The molecule has 1 N–H and O–H groups in total. The topological polar surface area (TPSA) is 88.4 Å². The highest BCUT2D eigenvalue weighted by Gasteiger charge is 2.33. The Morgan fingerprint density at radius 2 is 1.80 bits per heavy atom. The van der Waals surface area contributed by atoms with Crippen LogP contribution in [0.1, 0.15) is 11.1 Å². The normalized spacial score (nSPS) is 15.6. The van der Waals surface area contributed by atoms with Crippen molar-refractivity contribution >= 4 is 56.5 Å². The second-order valence-corrected chi connectivity index (χ2v) is 9.30. The van der Waals surface area contributed by atoms with Crippen LogP contribution < -0.4 is 9.47 Å². The Morgan fingerprint density at radius 1 is 1.11 bits per heavy atom. The molecule has 0 saturated carbocycles. The third kappa shape index (κ3) is 6.12. The average Bonchev–Trinajstić information content (AvgIpc) is 3.13. The first-order valence-electron chi connectivity index (χ1n) is 10.6. The van der Waals surface area contributed by atoms with Crippen LogP contribution in [0.4, 0.5) is 5.69 Å². The number of ether oxygens (including phenoxy) is 2. The van der Waals surface area contributed by atoms with E-state index < -0.39 is 12.6 Å². The first-order chi connectivity index (χ1) is 16.9. The lowest BCUT2D eigenvalue weighted by molar-refractivity contribution is -0.139. The van der Waals surface area contributed by atoms with Gasteiger partial charge >= 0.3 is 5.97 Å². The number of hydrogen-bond acceptors (Lipinski definition) is 6. The van der Waals surface area contributed by atoms with Gasteiger partial charge in [-0.1, -0.05) is 48.5 Å². The van der Waals surface area contributed by atoms with Gasteiger partial charge in [0.05, 0.1) is 28.7 Å². The van der Waals surface area contributed by atoms with Crippen molar-refractivity contribution in [2.24, 2.45) is 4.99 Å². The molecule has 3 aromatic rings. The van der Waals surface area contributed by atoms with Crippen molar-refractivity contribution in [1.29, 1.82) is 0 Å². The van der Waals surface area contributed by atoms with Gasteiger partial charge in [-0.3, -0.25) is 9.69 Å². The van der Waals surface area contributed by atoms with Crippen molar-refractivity contribution in [1.82, 2.24) is 4.90 Å². The van der Waals surface area contributed by atoms with Gasteiger partial charge in [0.25, 0.3) is 5.91 Å². The molecule has 4 rings (SSSR count). The number of amides is 1. The predicted octanol–water partition coefficient (Wildman–Crippen LogP) is 5.73. The fourth-order valence-corrected chi connectivity index (χ4v) is 4.93. The summed E-state index contributed by atoms with van der Waals surface area (Å²) in [5.74, 6) is -0.626. The summed E-state index contributed by atoms with van der Waals surface area (Å²) < 4.78 is 11.2. The molecule has 1 aliphatic heterocycles.